The Morgan fingerprint density at radius 3 is 2.34 bits per heavy atom. The Hall–Kier alpha value is -5.20. The van der Waals surface area contributed by atoms with Crippen LogP contribution in [0, 0.1) is 27.7 Å². The smallest absolute Gasteiger partial charge is 0.341 e. The van der Waals surface area contributed by atoms with Gasteiger partial charge in [-0.25, -0.2) is 14.6 Å². The SMILES string of the molecule is CCOC(=O)C1=C(c2ccccc2)N=c2s/c(=C\c3cc(C)n(-c4sc(C)c(C)c4C(=O)OC)c3C)c(=O)n2[C@H]1c1cccc(OC)c1OC. The van der Waals surface area contributed by atoms with Crippen molar-refractivity contribution >= 4 is 46.4 Å². The first kappa shape index (κ1) is 34.7. The number of thiophene rings is 1. The van der Waals surface area contributed by atoms with Gasteiger partial charge in [-0.3, -0.25) is 9.36 Å². The summed E-state index contributed by atoms with van der Waals surface area (Å²) in [5, 5.41) is 0.764. The van der Waals surface area contributed by atoms with Crippen LogP contribution in [0.15, 0.2) is 70.0 Å². The molecule has 4 heterocycles. The van der Waals surface area contributed by atoms with Gasteiger partial charge in [0.15, 0.2) is 16.3 Å². The maximum atomic E-state index is 14.6. The standard InChI is InChI=1S/C38H37N3O7S2/c1-9-48-37(44)30-31(24-14-11-10-12-15-24)39-38-41(32(30)26-16-13-17-27(45-6)33(26)46-7)34(42)28(50-38)19-25-18-20(2)40(22(25)4)35-29(36(43)47-8)21(3)23(5)49-35/h10-19,32H,9H2,1-8H3/b28-19-/t32-/m0/s1. The van der Waals surface area contributed by atoms with Gasteiger partial charge in [-0.1, -0.05) is 53.8 Å². The number of hydrogen-bond donors (Lipinski definition) is 0. The van der Waals surface area contributed by atoms with E-state index in [1.54, 1.807) is 19.1 Å². The van der Waals surface area contributed by atoms with Crippen molar-refractivity contribution in [3.05, 3.63) is 124 Å². The summed E-state index contributed by atoms with van der Waals surface area (Å²) in [7, 11) is 4.44. The quantitative estimate of drug-likeness (QED) is 0.177. The van der Waals surface area contributed by atoms with E-state index in [1.807, 2.05) is 80.8 Å². The summed E-state index contributed by atoms with van der Waals surface area (Å²) in [4.78, 5) is 47.7. The number of benzene rings is 2. The first-order valence-corrected chi connectivity index (χ1v) is 17.6. The number of methoxy groups -OCH3 is 3. The minimum absolute atomic E-state index is 0.132. The van der Waals surface area contributed by atoms with Crippen LogP contribution in [0.2, 0.25) is 0 Å². The van der Waals surface area contributed by atoms with Crippen molar-refractivity contribution in [2.24, 2.45) is 4.99 Å². The molecule has 0 fully saturated rings. The Bertz CT molecular complexity index is 2360. The number of carbonyl (C=O) groups is 2. The highest BCUT2D eigenvalue weighted by atomic mass is 32.1. The number of aromatic nitrogens is 2. The average molecular weight is 712 g/mol. The van der Waals surface area contributed by atoms with Crippen molar-refractivity contribution in [3.8, 4) is 16.5 Å². The fourth-order valence-corrected chi connectivity index (χ4v) is 8.61. The monoisotopic (exact) mass is 711 g/mol. The van der Waals surface area contributed by atoms with Crippen LogP contribution in [0.1, 0.15) is 61.8 Å². The molecule has 1 atom stereocenters. The molecule has 0 N–H and O–H groups in total. The summed E-state index contributed by atoms with van der Waals surface area (Å²) >= 11 is 2.75. The van der Waals surface area contributed by atoms with Crippen molar-refractivity contribution in [1.82, 2.24) is 9.13 Å². The molecule has 0 amide bonds. The second kappa shape index (κ2) is 14.0. The maximum absolute atomic E-state index is 14.6. The summed E-state index contributed by atoms with van der Waals surface area (Å²) in [6, 6.07) is 15.8. The van der Waals surface area contributed by atoms with Gasteiger partial charge < -0.3 is 23.5 Å². The van der Waals surface area contributed by atoms with Gasteiger partial charge in [-0.05, 0) is 64.0 Å². The molecule has 258 valence electrons. The van der Waals surface area contributed by atoms with Gasteiger partial charge in [-0.2, -0.15) is 0 Å². The van der Waals surface area contributed by atoms with Crippen LogP contribution in [-0.4, -0.2) is 49.0 Å². The summed E-state index contributed by atoms with van der Waals surface area (Å²) < 4.78 is 26.2. The van der Waals surface area contributed by atoms with Gasteiger partial charge in [0, 0.05) is 27.4 Å². The lowest BCUT2D eigenvalue weighted by Gasteiger charge is -2.27. The van der Waals surface area contributed by atoms with Crippen molar-refractivity contribution < 1.29 is 28.5 Å². The van der Waals surface area contributed by atoms with Crippen LogP contribution in [0.25, 0.3) is 16.8 Å². The Balaban J connectivity index is 1.64. The minimum atomic E-state index is -0.945. The van der Waals surface area contributed by atoms with Gasteiger partial charge in [0.2, 0.25) is 0 Å². The lowest BCUT2D eigenvalue weighted by molar-refractivity contribution is -0.138. The topological polar surface area (TPSA) is 110 Å². The molecule has 1 aliphatic heterocycles. The number of ether oxygens (including phenoxy) is 4. The van der Waals surface area contributed by atoms with E-state index in [9.17, 15) is 14.4 Å². The molecular weight excluding hydrogens is 675 g/mol. The van der Waals surface area contributed by atoms with Crippen molar-refractivity contribution in [2.75, 3.05) is 27.9 Å². The predicted octanol–water partition coefficient (Wildman–Crippen LogP) is 5.83. The number of hydrogen-bond acceptors (Lipinski definition) is 10. The molecule has 0 spiro atoms. The minimum Gasteiger partial charge on any atom is -0.493 e. The zero-order chi connectivity index (χ0) is 35.9. The van der Waals surface area contributed by atoms with Crippen LogP contribution < -0.4 is 24.4 Å². The molecule has 0 aliphatic carbocycles. The number of rotatable bonds is 9. The van der Waals surface area contributed by atoms with Gasteiger partial charge >= 0.3 is 11.9 Å². The number of para-hydroxylation sites is 1. The molecule has 3 aromatic heterocycles. The van der Waals surface area contributed by atoms with E-state index in [1.165, 1.54) is 48.6 Å². The van der Waals surface area contributed by atoms with E-state index in [2.05, 4.69) is 0 Å². The highest BCUT2D eigenvalue weighted by Crippen LogP contribution is 2.42. The molecule has 5 aromatic rings. The predicted molar refractivity (Wildman–Crippen MR) is 195 cm³/mol. The van der Waals surface area contributed by atoms with Crippen molar-refractivity contribution in [3.63, 3.8) is 0 Å². The van der Waals surface area contributed by atoms with Crippen LogP contribution in [0.4, 0.5) is 0 Å². The normalized spacial score (nSPS) is 14.3. The number of aryl methyl sites for hydroxylation is 2. The van der Waals surface area contributed by atoms with E-state index in [0.29, 0.717) is 43.2 Å². The molecule has 0 bridgehead atoms. The molecule has 1 aliphatic rings. The Labute approximate surface area is 297 Å². The van der Waals surface area contributed by atoms with Crippen LogP contribution in [-0.2, 0) is 14.3 Å². The van der Waals surface area contributed by atoms with E-state index in [-0.39, 0.29) is 17.7 Å². The van der Waals surface area contributed by atoms with E-state index < -0.39 is 18.0 Å². The van der Waals surface area contributed by atoms with Gasteiger partial charge in [-0.15, -0.1) is 11.3 Å². The Morgan fingerprint density at radius 2 is 1.68 bits per heavy atom. The van der Waals surface area contributed by atoms with E-state index >= 15 is 0 Å². The maximum Gasteiger partial charge on any atom is 0.341 e. The van der Waals surface area contributed by atoms with E-state index in [4.69, 9.17) is 23.9 Å². The summed E-state index contributed by atoms with van der Waals surface area (Å²) in [6.07, 6.45) is 1.84. The molecule has 0 saturated heterocycles. The lowest BCUT2D eigenvalue weighted by Crippen LogP contribution is -2.40. The molecule has 12 heteroatoms. The molecule has 50 heavy (non-hydrogen) atoms. The number of fused-ring (bicyclic) bond motifs is 1. The summed E-state index contributed by atoms with van der Waals surface area (Å²) in [6.45, 7) is 9.68. The average Bonchev–Trinajstić information content (AvgIpc) is 3.70. The number of carbonyl (C=O) groups excluding carboxylic acids is 2. The largest absolute Gasteiger partial charge is 0.493 e. The Morgan fingerprint density at radius 1 is 0.940 bits per heavy atom. The van der Waals surface area contributed by atoms with Crippen molar-refractivity contribution in [2.45, 2.75) is 40.7 Å². The highest BCUT2D eigenvalue weighted by Gasteiger charge is 2.37. The van der Waals surface area contributed by atoms with Gasteiger partial charge in [0.05, 0.1) is 49.3 Å². The first-order valence-electron chi connectivity index (χ1n) is 15.9. The van der Waals surface area contributed by atoms with Gasteiger partial charge in [0.25, 0.3) is 5.56 Å². The molecule has 0 unspecified atom stereocenters. The Kier molecular flexibility index (Phi) is 9.68. The van der Waals surface area contributed by atoms with Crippen LogP contribution >= 0.6 is 22.7 Å². The third kappa shape index (κ3) is 5.77. The number of thiazole rings is 1. The molecule has 2 aromatic carbocycles. The third-order valence-corrected chi connectivity index (χ3v) is 11.0. The van der Waals surface area contributed by atoms with Crippen molar-refractivity contribution in [1.29, 1.82) is 0 Å². The fraction of sp³-hybridized carbons (Fsp3) is 0.263. The molecular formula is C38H37N3O7S2. The number of nitrogens with zero attached hydrogens (tertiary/aromatic N) is 3. The summed E-state index contributed by atoms with van der Waals surface area (Å²) in [5.41, 5.74) is 5.47. The molecule has 0 radical (unpaired) electrons. The summed E-state index contributed by atoms with van der Waals surface area (Å²) in [5.74, 6) is -0.154. The van der Waals surface area contributed by atoms with Crippen LogP contribution in [0.5, 0.6) is 11.5 Å². The third-order valence-electron chi connectivity index (χ3n) is 8.82. The molecule has 10 nitrogen and oxygen atoms in total. The van der Waals surface area contributed by atoms with Crippen LogP contribution in [0.3, 0.4) is 0 Å². The fourth-order valence-electron chi connectivity index (χ4n) is 6.36. The second-order valence-electron chi connectivity index (χ2n) is 11.6. The second-order valence-corrected chi connectivity index (χ2v) is 13.8. The molecule has 0 saturated carbocycles. The van der Waals surface area contributed by atoms with Gasteiger partial charge in [0.1, 0.15) is 11.0 Å². The number of esters is 2. The highest BCUT2D eigenvalue weighted by molar-refractivity contribution is 7.15. The lowest BCUT2D eigenvalue weighted by atomic mass is 9.92. The first-order chi connectivity index (χ1) is 24.1. The zero-order valence-corrected chi connectivity index (χ0v) is 30.7. The van der Waals surface area contributed by atoms with E-state index in [0.717, 1.165) is 32.4 Å². The molecule has 6 rings (SSSR count). The zero-order valence-electron chi connectivity index (χ0n) is 29.1.